The van der Waals surface area contributed by atoms with E-state index < -0.39 is 0 Å². The van der Waals surface area contributed by atoms with Gasteiger partial charge in [-0.1, -0.05) is 17.3 Å². The van der Waals surface area contributed by atoms with Gasteiger partial charge in [-0.2, -0.15) is 0 Å². The van der Waals surface area contributed by atoms with Gasteiger partial charge in [-0.05, 0) is 60.5 Å². The van der Waals surface area contributed by atoms with E-state index in [1.165, 1.54) is 6.33 Å². The second-order valence-electron chi connectivity index (χ2n) is 9.31. The monoisotopic (exact) mass is 553 g/mol. The van der Waals surface area contributed by atoms with Crippen molar-refractivity contribution in [1.82, 2.24) is 19.6 Å². The van der Waals surface area contributed by atoms with Crippen molar-refractivity contribution < 1.29 is 28.9 Å². The lowest BCUT2D eigenvalue weighted by molar-refractivity contribution is 0.125. The Labute approximate surface area is 235 Å². The average molecular weight is 554 g/mol. The Bertz CT molecular complexity index is 1770. The highest BCUT2D eigenvalue weighted by Crippen LogP contribution is 2.49. The summed E-state index contributed by atoms with van der Waals surface area (Å²) in [7, 11) is 4.81. The number of phenolic OH excluding ortho intramolecular Hbond substituents is 1. The van der Waals surface area contributed by atoms with E-state index in [0.29, 0.717) is 40.3 Å². The van der Waals surface area contributed by atoms with Crippen LogP contribution in [0.3, 0.4) is 0 Å². The van der Waals surface area contributed by atoms with Crippen LogP contribution < -0.4 is 18.9 Å². The molecule has 1 atom stereocenters. The predicted octanol–water partition coefficient (Wildman–Crippen LogP) is 5.08. The molecule has 5 aromatic rings. The van der Waals surface area contributed by atoms with Crippen LogP contribution in [0.2, 0.25) is 0 Å². The number of ether oxygens (including phenoxy) is 4. The first-order valence-electron chi connectivity index (χ1n) is 12.8. The van der Waals surface area contributed by atoms with Crippen LogP contribution in [-0.4, -0.2) is 51.7 Å². The van der Waals surface area contributed by atoms with Gasteiger partial charge >= 0.3 is 0 Å². The maximum atomic E-state index is 10.1. The summed E-state index contributed by atoms with van der Waals surface area (Å²) in [6.07, 6.45) is 1.54. The van der Waals surface area contributed by atoms with Crippen molar-refractivity contribution in [1.29, 1.82) is 0 Å². The van der Waals surface area contributed by atoms with Crippen molar-refractivity contribution in [3.8, 4) is 34.6 Å². The SMILES string of the molecule is COc1ccc(/C(C)=N/OCc2nc3c4c(ncn3n2)Oc2cc(O)ccc2[C@@H]4c2ccc(OC)c(OC)c2)cc1. The maximum absolute atomic E-state index is 10.1. The van der Waals surface area contributed by atoms with Crippen LogP contribution in [-0.2, 0) is 11.4 Å². The van der Waals surface area contributed by atoms with E-state index in [9.17, 15) is 5.11 Å². The summed E-state index contributed by atoms with van der Waals surface area (Å²) in [5.74, 6) is 2.99. The van der Waals surface area contributed by atoms with Gasteiger partial charge in [0.25, 0.3) is 0 Å². The Morgan fingerprint density at radius 1 is 0.976 bits per heavy atom. The molecular weight excluding hydrogens is 526 g/mol. The number of hydrogen-bond donors (Lipinski definition) is 1. The van der Waals surface area contributed by atoms with Crippen LogP contribution in [0.25, 0.3) is 5.65 Å². The molecule has 1 N–H and O–H groups in total. The molecule has 0 fully saturated rings. The molecule has 0 radical (unpaired) electrons. The van der Waals surface area contributed by atoms with Crippen molar-refractivity contribution >= 4 is 11.4 Å². The summed E-state index contributed by atoms with van der Waals surface area (Å²) < 4.78 is 24.0. The molecule has 41 heavy (non-hydrogen) atoms. The molecule has 2 aromatic heterocycles. The minimum absolute atomic E-state index is 0.0519. The fourth-order valence-electron chi connectivity index (χ4n) is 4.86. The van der Waals surface area contributed by atoms with Crippen molar-refractivity contribution in [3.63, 3.8) is 0 Å². The third kappa shape index (κ3) is 4.82. The van der Waals surface area contributed by atoms with Gasteiger partial charge in [0.1, 0.15) is 23.6 Å². The molecule has 11 nitrogen and oxygen atoms in total. The van der Waals surface area contributed by atoms with Crippen molar-refractivity contribution in [2.45, 2.75) is 19.4 Å². The Morgan fingerprint density at radius 2 is 1.78 bits per heavy atom. The lowest BCUT2D eigenvalue weighted by atomic mass is 9.83. The molecule has 0 saturated carbocycles. The average Bonchev–Trinajstić information content (AvgIpc) is 3.42. The molecule has 0 unspecified atom stereocenters. The normalized spacial score (nSPS) is 14.1. The van der Waals surface area contributed by atoms with Gasteiger partial charge in [0.2, 0.25) is 5.88 Å². The predicted molar refractivity (Wildman–Crippen MR) is 149 cm³/mol. The second-order valence-corrected chi connectivity index (χ2v) is 9.31. The lowest BCUT2D eigenvalue weighted by Crippen LogP contribution is -2.15. The van der Waals surface area contributed by atoms with Crippen LogP contribution in [0.15, 0.2) is 72.1 Å². The van der Waals surface area contributed by atoms with Gasteiger partial charge in [0.15, 0.2) is 29.6 Å². The molecule has 0 saturated heterocycles. The van der Waals surface area contributed by atoms with E-state index in [4.69, 9.17) is 28.8 Å². The number of rotatable bonds is 8. The fraction of sp³-hybridized carbons (Fsp3) is 0.200. The van der Waals surface area contributed by atoms with Crippen LogP contribution in [0.1, 0.15) is 40.9 Å². The lowest BCUT2D eigenvalue weighted by Gasteiger charge is -2.28. The Balaban J connectivity index is 1.37. The summed E-state index contributed by atoms with van der Waals surface area (Å²) >= 11 is 0. The molecule has 11 heteroatoms. The number of methoxy groups -OCH3 is 3. The summed E-state index contributed by atoms with van der Waals surface area (Å²) in [5.41, 5.74) is 4.62. The Morgan fingerprint density at radius 3 is 2.54 bits per heavy atom. The molecular formula is C30H27N5O6. The Hall–Kier alpha value is -5.32. The number of hydrogen-bond acceptors (Lipinski definition) is 10. The first-order chi connectivity index (χ1) is 20.0. The molecule has 208 valence electrons. The molecule has 6 rings (SSSR count). The van der Waals surface area contributed by atoms with E-state index in [2.05, 4.69) is 15.2 Å². The van der Waals surface area contributed by atoms with Gasteiger partial charge in [-0.25, -0.2) is 14.5 Å². The number of aromatic nitrogens is 4. The zero-order chi connectivity index (χ0) is 28.5. The van der Waals surface area contributed by atoms with Crippen molar-refractivity contribution in [2.75, 3.05) is 21.3 Å². The van der Waals surface area contributed by atoms with Gasteiger partial charge in [0.05, 0.1) is 32.6 Å². The largest absolute Gasteiger partial charge is 0.508 e. The molecule has 3 heterocycles. The highest BCUT2D eigenvalue weighted by atomic mass is 16.6. The quantitative estimate of drug-likeness (QED) is 0.203. The number of phenols is 1. The molecule has 0 aliphatic carbocycles. The zero-order valence-corrected chi connectivity index (χ0v) is 22.9. The molecule has 1 aliphatic rings. The summed E-state index contributed by atoms with van der Waals surface area (Å²) in [6, 6.07) is 18.3. The smallest absolute Gasteiger partial charge is 0.228 e. The van der Waals surface area contributed by atoms with Gasteiger partial charge in [-0.3, -0.25) is 0 Å². The van der Waals surface area contributed by atoms with Crippen LogP contribution in [0.5, 0.6) is 34.6 Å². The van der Waals surface area contributed by atoms with E-state index in [1.807, 2.05) is 55.5 Å². The fourth-order valence-corrected chi connectivity index (χ4v) is 4.86. The molecule has 1 aliphatic heterocycles. The third-order valence-corrected chi connectivity index (χ3v) is 6.88. The first kappa shape index (κ1) is 25.9. The van der Waals surface area contributed by atoms with Crippen LogP contribution in [0, 0.1) is 0 Å². The summed E-state index contributed by atoms with van der Waals surface area (Å²) in [5, 5.41) is 18.9. The Kier molecular flexibility index (Phi) is 6.76. The summed E-state index contributed by atoms with van der Waals surface area (Å²) in [6.45, 7) is 1.91. The number of fused-ring (bicyclic) bond motifs is 4. The molecule has 0 spiro atoms. The van der Waals surface area contributed by atoms with Crippen molar-refractivity contribution in [2.24, 2.45) is 5.16 Å². The number of nitrogens with zero attached hydrogens (tertiary/aromatic N) is 5. The van der Waals surface area contributed by atoms with E-state index in [1.54, 1.807) is 38.0 Å². The number of aromatic hydroxyl groups is 1. The topological polar surface area (TPSA) is 122 Å². The molecule has 0 bridgehead atoms. The highest BCUT2D eigenvalue weighted by Gasteiger charge is 2.34. The standard InChI is InChI=1S/C30H27N5O6/c1-17(18-5-9-21(37-2)10-6-18)34-40-15-26-32-29-28-27(19-7-12-23(38-3)25(13-19)39-4)22-11-8-20(36)14-24(22)41-30(28)31-16-35(29)33-26/h5-14,16,27,36H,15H2,1-4H3/b34-17+/t27-/m0/s1. The minimum atomic E-state index is -0.348. The maximum Gasteiger partial charge on any atom is 0.228 e. The third-order valence-electron chi connectivity index (χ3n) is 6.88. The first-order valence-corrected chi connectivity index (χ1v) is 12.8. The van der Waals surface area contributed by atoms with Crippen molar-refractivity contribution in [3.05, 3.63) is 95.1 Å². The van der Waals surface area contributed by atoms with Crippen LogP contribution >= 0.6 is 0 Å². The molecule has 3 aromatic carbocycles. The van der Waals surface area contributed by atoms with Gasteiger partial charge in [-0.15, -0.1) is 5.10 Å². The molecule has 0 amide bonds. The second kappa shape index (κ2) is 10.7. The number of benzene rings is 3. The minimum Gasteiger partial charge on any atom is -0.508 e. The number of oxime groups is 1. The summed E-state index contributed by atoms with van der Waals surface area (Å²) in [4.78, 5) is 14.9. The van der Waals surface area contributed by atoms with Crippen LogP contribution in [0.4, 0.5) is 0 Å². The highest BCUT2D eigenvalue weighted by molar-refractivity contribution is 5.98. The van der Waals surface area contributed by atoms with Gasteiger partial charge < -0.3 is 28.9 Å². The van der Waals surface area contributed by atoms with Gasteiger partial charge in [0, 0.05) is 17.5 Å². The van der Waals surface area contributed by atoms with E-state index in [0.717, 1.165) is 28.0 Å². The van der Waals surface area contributed by atoms with E-state index >= 15 is 0 Å². The zero-order valence-electron chi connectivity index (χ0n) is 22.9. The van der Waals surface area contributed by atoms with E-state index in [-0.39, 0.29) is 18.3 Å².